The molecule has 0 saturated carbocycles. The standard InChI is InChI=1S/C8H16O.Li.H2O/c1-7(2)5-6-8(3,4)9;;/h5-6H2,1-4H3;;1H2/q-2;+1;/p-1. The summed E-state index contributed by atoms with van der Waals surface area (Å²) >= 11 is 0. The van der Waals surface area contributed by atoms with Crippen molar-refractivity contribution in [2.75, 3.05) is 0 Å². The van der Waals surface area contributed by atoms with E-state index < -0.39 is 5.60 Å². The van der Waals surface area contributed by atoms with Gasteiger partial charge in [-0.15, -0.1) is 5.60 Å². The maximum absolute atomic E-state index is 11.0. The molecular formula is C8H17LiO2-2. The monoisotopic (exact) mass is 152 g/mol. The van der Waals surface area contributed by atoms with Crippen molar-refractivity contribution in [1.82, 2.24) is 0 Å². The Bertz CT molecular complexity index is 76.7. The summed E-state index contributed by atoms with van der Waals surface area (Å²) in [5, 5.41) is 11.0. The minimum Gasteiger partial charge on any atom is -0.870 e. The largest absolute Gasteiger partial charge is 1.00 e. The second-order valence-corrected chi connectivity index (χ2v) is 3.47. The van der Waals surface area contributed by atoms with Crippen LogP contribution >= 0.6 is 0 Å². The Hall–Kier alpha value is 0.517. The van der Waals surface area contributed by atoms with Gasteiger partial charge in [0.1, 0.15) is 0 Å². The molecule has 0 aliphatic rings. The summed E-state index contributed by atoms with van der Waals surface area (Å²) < 4.78 is 0. The van der Waals surface area contributed by atoms with Gasteiger partial charge in [-0.25, -0.2) is 0 Å². The zero-order valence-corrected chi connectivity index (χ0v) is 8.27. The first-order valence-electron chi connectivity index (χ1n) is 3.41. The summed E-state index contributed by atoms with van der Waals surface area (Å²) in [6, 6.07) is 0. The minimum atomic E-state index is -0.739. The minimum absolute atomic E-state index is 0. The molecule has 0 amide bonds. The quantitative estimate of drug-likeness (QED) is 0.359. The Labute approximate surface area is 81.9 Å². The molecular weight excluding hydrogens is 135 g/mol. The van der Waals surface area contributed by atoms with Gasteiger partial charge in [-0.05, 0) is 0 Å². The second-order valence-electron chi connectivity index (χ2n) is 3.47. The summed E-state index contributed by atoms with van der Waals surface area (Å²) in [4.78, 5) is 0. The Kier molecular flexibility index (Phi) is 11.5. The van der Waals surface area contributed by atoms with E-state index in [0.717, 1.165) is 12.8 Å². The van der Waals surface area contributed by atoms with E-state index in [0.29, 0.717) is 0 Å². The van der Waals surface area contributed by atoms with Crippen LogP contribution in [0.2, 0.25) is 0 Å². The molecule has 0 heterocycles. The van der Waals surface area contributed by atoms with E-state index in [1.807, 2.05) is 0 Å². The van der Waals surface area contributed by atoms with Crippen LogP contribution in [0, 0.1) is 5.92 Å². The molecule has 0 atom stereocenters. The van der Waals surface area contributed by atoms with Crippen LogP contribution < -0.4 is 24.0 Å². The first-order valence-corrected chi connectivity index (χ1v) is 3.41. The predicted octanol–water partition coefficient (Wildman–Crippen LogP) is -1.65. The van der Waals surface area contributed by atoms with Crippen LogP contribution in [0.3, 0.4) is 0 Å². The van der Waals surface area contributed by atoms with Crippen LogP contribution in [0.25, 0.3) is 0 Å². The molecule has 0 fully saturated rings. The third-order valence-corrected chi connectivity index (χ3v) is 1.23. The molecule has 0 rings (SSSR count). The van der Waals surface area contributed by atoms with E-state index in [-0.39, 0.29) is 24.3 Å². The summed E-state index contributed by atoms with van der Waals surface area (Å²) in [6.07, 6.45) is 1.73. The van der Waals surface area contributed by atoms with Crippen molar-refractivity contribution in [3.8, 4) is 0 Å². The van der Waals surface area contributed by atoms with E-state index >= 15 is 0 Å². The molecule has 0 aliphatic carbocycles. The molecule has 0 bridgehead atoms. The Morgan fingerprint density at radius 1 is 1.27 bits per heavy atom. The molecule has 64 valence electrons. The molecule has 0 aliphatic heterocycles. The molecule has 0 radical (unpaired) electrons. The SMILES string of the molecule is C[C-](C)CCC(C)(C)[O-].[Li+].[OH-]. The molecule has 0 aromatic rings. The first kappa shape index (κ1) is 17.6. The Balaban J connectivity index is -0.000000320. The number of hydrogen-bond donors (Lipinski definition) is 0. The maximum Gasteiger partial charge on any atom is 1.00 e. The smallest absolute Gasteiger partial charge is 0.870 e. The van der Waals surface area contributed by atoms with Gasteiger partial charge in [0.2, 0.25) is 0 Å². The molecule has 1 N–H and O–H groups in total. The molecule has 0 aromatic heterocycles. The maximum atomic E-state index is 11.0. The predicted molar refractivity (Wildman–Crippen MR) is 39.8 cm³/mol. The third kappa shape index (κ3) is 18.0. The molecule has 0 spiro atoms. The first-order chi connectivity index (χ1) is 3.92. The number of rotatable bonds is 3. The van der Waals surface area contributed by atoms with Crippen LogP contribution in [0.1, 0.15) is 40.5 Å². The van der Waals surface area contributed by atoms with Gasteiger partial charge in [-0.2, -0.15) is 20.3 Å². The van der Waals surface area contributed by atoms with Crippen LogP contribution in [0.4, 0.5) is 0 Å². The van der Waals surface area contributed by atoms with E-state index in [9.17, 15) is 5.11 Å². The second kappa shape index (κ2) is 7.18. The zero-order chi connectivity index (χ0) is 7.49. The average molecular weight is 152 g/mol. The van der Waals surface area contributed by atoms with Crippen molar-refractivity contribution >= 4 is 0 Å². The molecule has 0 saturated heterocycles. The molecule has 3 heteroatoms. The fraction of sp³-hybridized carbons (Fsp3) is 0.875. The fourth-order valence-corrected chi connectivity index (χ4v) is 0.551. The van der Waals surface area contributed by atoms with Crippen molar-refractivity contribution in [3.63, 3.8) is 0 Å². The van der Waals surface area contributed by atoms with Crippen LogP contribution in [0.5, 0.6) is 0 Å². The summed E-state index contributed by atoms with van der Waals surface area (Å²) in [7, 11) is 0. The van der Waals surface area contributed by atoms with Crippen molar-refractivity contribution in [2.24, 2.45) is 0 Å². The average Bonchev–Trinajstić information content (AvgIpc) is 1.59. The van der Waals surface area contributed by atoms with Crippen LogP contribution in [0.15, 0.2) is 0 Å². The van der Waals surface area contributed by atoms with Gasteiger partial charge in [0.25, 0.3) is 0 Å². The van der Waals surface area contributed by atoms with Gasteiger partial charge in [0.05, 0.1) is 0 Å². The Morgan fingerprint density at radius 2 is 1.64 bits per heavy atom. The Morgan fingerprint density at radius 3 is 1.73 bits per heavy atom. The van der Waals surface area contributed by atoms with Gasteiger partial charge in [-0.3, -0.25) is 0 Å². The van der Waals surface area contributed by atoms with E-state index in [1.54, 1.807) is 13.8 Å². The number of hydrogen-bond acceptors (Lipinski definition) is 2. The van der Waals surface area contributed by atoms with Gasteiger partial charge >= 0.3 is 18.9 Å². The van der Waals surface area contributed by atoms with Crippen molar-refractivity contribution in [3.05, 3.63) is 5.92 Å². The van der Waals surface area contributed by atoms with E-state index in [1.165, 1.54) is 5.92 Å². The normalized spacial score (nSPS) is 10.4. The topological polar surface area (TPSA) is 53.1 Å². The van der Waals surface area contributed by atoms with E-state index in [4.69, 9.17) is 0 Å². The van der Waals surface area contributed by atoms with Gasteiger partial charge < -0.3 is 16.5 Å². The van der Waals surface area contributed by atoms with Gasteiger partial charge in [-0.1, -0.05) is 20.3 Å². The van der Waals surface area contributed by atoms with Gasteiger partial charge in [0, 0.05) is 0 Å². The fourth-order valence-electron chi connectivity index (χ4n) is 0.551. The van der Waals surface area contributed by atoms with Crippen LogP contribution in [-0.2, 0) is 0 Å². The van der Waals surface area contributed by atoms with Crippen molar-refractivity contribution in [1.29, 1.82) is 0 Å². The molecule has 0 unspecified atom stereocenters. The molecule has 2 nitrogen and oxygen atoms in total. The van der Waals surface area contributed by atoms with E-state index in [2.05, 4.69) is 13.8 Å². The van der Waals surface area contributed by atoms with Crippen molar-refractivity contribution in [2.45, 2.75) is 46.1 Å². The summed E-state index contributed by atoms with van der Waals surface area (Å²) in [5.41, 5.74) is -0.739. The molecule has 0 aromatic carbocycles. The van der Waals surface area contributed by atoms with Crippen LogP contribution in [-0.4, -0.2) is 11.1 Å². The summed E-state index contributed by atoms with van der Waals surface area (Å²) in [6.45, 7) is 7.59. The van der Waals surface area contributed by atoms with Crippen molar-refractivity contribution < 1.29 is 29.4 Å². The zero-order valence-electron chi connectivity index (χ0n) is 8.27. The summed E-state index contributed by atoms with van der Waals surface area (Å²) in [5.74, 6) is 1.35. The third-order valence-electron chi connectivity index (χ3n) is 1.23. The van der Waals surface area contributed by atoms with Gasteiger partial charge in [0.15, 0.2) is 0 Å². The molecule has 11 heavy (non-hydrogen) atoms.